The third-order valence-corrected chi connectivity index (χ3v) is 6.02. The highest BCUT2D eigenvalue weighted by atomic mass is 127. The van der Waals surface area contributed by atoms with Crippen LogP contribution in [0.25, 0.3) is 0 Å². The van der Waals surface area contributed by atoms with Gasteiger partial charge >= 0.3 is 0 Å². The summed E-state index contributed by atoms with van der Waals surface area (Å²) in [7, 11) is 1.85. The van der Waals surface area contributed by atoms with E-state index in [0.717, 1.165) is 71.4 Å². The SMILES string of the molecule is CCOCCCCNC(=NC)NCC1(N2CCOCC2)CCSC1.I. The van der Waals surface area contributed by atoms with E-state index in [1.54, 1.807) is 0 Å². The fraction of sp³-hybridized carbons (Fsp3) is 0.941. The Balaban J connectivity index is 0.00000312. The van der Waals surface area contributed by atoms with Crippen molar-refractivity contribution in [1.29, 1.82) is 0 Å². The van der Waals surface area contributed by atoms with Gasteiger partial charge in [-0.25, -0.2) is 0 Å². The predicted molar refractivity (Wildman–Crippen MR) is 118 cm³/mol. The first-order valence-corrected chi connectivity index (χ1v) is 10.4. The molecule has 25 heavy (non-hydrogen) atoms. The highest BCUT2D eigenvalue weighted by Crippen LogP contribution is 2.33. The Morgan fingerprint density at radius 3 is 2.72 bits per heavy atom. The first-order valence-electron chi connectivity index (χ1n) is 9.23. The zero-order valence-electron chi connectivity index (χ0n) is 15.7. The molecule has 0 aromatic rings. The van der Waals surface area contributed by atoms with Gasteiger partial charge in [0.05, 0.1) is 13.2 Å². The van der Waals surface area contributed by atoms with Crippen LogP contribution in [0.2, 0.25) is 0 Å². The van der Waals surface area contributed by atoms with Gasteiger partial charge in [-0.15, -0.1) is 24.0 Å². The Morgan fingerprint density at radius 2 is 2.08 bits per heavy atom. The molecule has 0 spiro atoms. The summed E-state index contributed by atoms with van der Waals surface area (Å²) >= 11 is 2.07. The van der Waals surface area contributed by atoms with Crippen LogP contribution in [-0.2, 0) is 9.47 Å². The minimum Gasteiger partial charge on any atom is -0.382 e. The van der Waals surface area contributed by atoms with E-state index in [1.165, 1.54) is 17.9 Å². The monoisotopic (exact) mass is 486 g/mol. The molecule has 148 valence electrons. The van der Waals surface area contributed by atoms with E-state index in [2.05, 4.69) is 32.3 Å². The summed E-state index contributed by atoms with van der Waals surface area (Å²) < 4.78 is 10.9. The summed E-state index contributed by atoms with van der Waals surface area (Å²) in [6.07, 6.45) is 3.44. The van der Waals surface area contributed by atoms with Gasteiger partial charge in [0.25, 0.3) is 0 Å². The van der Waals surface area contributed by atoms with Crippen molar-refractivity contribution < 1.29 is 9.47 Å². The quantitative estimate of drug-likeness (QED) is 0.224. The predicted octanol–water partition coefficient (Wildman–Crippen LogP) is 1.79. The number of guanidine groups is 1. The molecule has 0 amide bonds. The lowest BCUT2D eigenvalue weighted by Gasteiger charge is -2.43. The third kappa shape index (κ3) is 7.78. The number of hydrogen-bond donors (Lipinski definition) is 2. The number of thioether (sulfide) groups is 1. The molecule has 1 unspecified atom stereocenters. The highest BCUT2D eigenvalue weighted by Gasteiger charge is 2.40. The van der Waals surface area contributed by atoms with Crippen LogP contribution >= 0.6 is 35.7 Å². The van der Waals surface area contributed by atoms with Crippen molar-refractivity contribution in [3.63, 3.8) is 0 Å². The standard InChI is InChI=1S/C17H34N4O2S.HI/c1-3-22-10-5-4-7-19-16(18-2)20-14-17(6-13-24-15-17)21-8-11-23-12-9-21;/h3-15H2,1-2H3,(H2,18,19,20);1H. The van der Waals surface area contributed by atoms with Gasteiger partial charge in [0.2, 0.25) is 0 Å². The molecular formula is C17H35IN4O2S. The van der Waals surface area contributed by atoms with Crippen LogP contribution in [-0.4, -0.2) is 87.6 Å². The van der Waals surface area contributed by atoms with E-state index in [1.807, 2.05) is 14.0 Å². The summed E-state index contributed by atoms with van der Waals surface area (Å²) in [6.45, 7) is 9.40. The molecule has 0 radical (unpaired) electrons. The first kappa shape index (κ1) is 23.3. The Bertz CT molecular complexity index is 376. The van der Waals surface area contributed by atoms with Gasteiger partial charge in [-0.2, -0.15) is 11.8 Å². The minimum atomic E-state index is 0. The molecule has 0 aliphatic carbocycles. The zero-order chi connectivity index (χ0) is 17.1. The van der Waals surface area contributed by atoms with E-state index in [4.69, 9.17) is 9.47 Å². The largest absolute Gasteiger partial charge is 0.382 e. The van der Waals surface area contributed by atoms with Gasteiger partial charge in [0.15, 0.2) is 5.96 Å². The fourth-order valence-electron chi connectivity index (χ4n) is 3.28. The number of hydrogen-bond acceptors (Lipinski definition) is 5. The summed E-state index contributed by atoms with van der Waals surface area (Å²) in [4.78, 5) is 7.00. The Morgan fingerprint density at radius 1 is 1.28 bits per heavy atom. The van der Waals surface area contributed by atoms with Crippen LogP contribution in [0.4, 0.5) is 0 Å². The number of nitrogens with zero attached hydrogens (tertiary/aromatic N) is 2. The van der Waals surface area contributed by atoms with Gasteiger partial charge in [0.1, 0.15) is 0 Å². The maximum Gasteiger partial charge on any atom is 0.191 e. The van der Waals surface area contributed by atoms with Crippen LogP contribution in [0, 0.1) is 0 Å². The van der Waals surface area contributed by atoms with Crippen LogP contribution in [0.15, 0.2) is 4.99 Å². The first-order chi connectivity index (χ1) is 11.8. The molecule has 0 aromatic carbocycles. The second-order valence-electron chi connectivity index (χ2n) is 6.38. The average molecular weight is 486 g/mol. The molecule has 2 aliphatic rings. The summed E-state index contributed by atoms with van der Waals surface area (Å²) in [5.41, 5.74) is 0.251. The van der Waals surface area contributed by atoms with Crippen molar-refractivity contribution in [3.05, 3.63) is 0 Å². The van der Waals surface area contributed by atoms with Crippen molar-refractivity contribution in [2.24, 2.45) is 4.99 Å². The van der Waals surface area contributed by atoms with Crippen molar-refractivity contribution in [3.8, 4) is 0 Å². The second-order valence-corrected chi connectivity index (χ2v) is 7.49. The Kier molecular flexibility index (Phi) is 12.5. The molecule has 2 rings (SSSR count). The van der Waals surface area contributed by atoms with Crippen LogP contribution < -0.4 is 10.6 Å². The van der Waals surface area contributed by atoms with E-state index < -0.39 is 0 Å². The maximum atomic E-state index is 5.53. The molecule has 2 aliphatic heterocycles. The number of unbranched alkanes of at least 4 members (excludes halogenated alkanes) is 1. The van der Waals surface area contributed by atoms with Crippen LogP contribution in [0.5, 0.6) is 0 Å². The minimum absolute atomic E-state index is 0. The smallest absolute Gasteiger partial charge is 0.191 e. The van der Waals surface area contributed by atoms with E-state index in [9.17, 15) is 0 Å². The fourth-order valence-corrected chi connectivity index (χ4v) is 4.76. The molecule has 2 heterocycles. The Labute approximate surface area is 174 Å². The second kappa shape index (κ2) is 13.4. The number of aliphatic imine (C=N–C) groups is 1. The molecule has 1 atom stereocenters. The molecule has 0 saturated carbocycles. The van der Waals surface area contributed by atoms with Crippen molar-refractivity contribution in [1.82, 2.24) is 15.5 Å². The lowest BCUT2D eigenvalue weighted by atomic mass is 9.95. The molecule has 0 aromatic heterocycles. The lowest BCUT2D eigenvalue weighted by Crippen LogP contribution is -2.60. The van der Waals surface area contributed by atoms with E-state index >= 15 is 0 Å². The normalized spacial score (nSPS) is 24.8. The third-order valence-electron chi connectivity index (χ3n) is 4.78. The maximum absolute atomic E-state index is 5.53. The Hall–Kier alpha value is 0.230. The topological polar surface area (TPSA) is 58.1 Å². The average Bonchev–Trinajstić information content (AvgIpc) is 3.11. The lowest BCUT2D eigenvalue weighted by molar-refractivity contribution is -0.0120. The molecule has 2 fully saturated rings. The molecule has 0 bridgehead atoms. The van der Waals surface area contributed by atoms with Crippen molar-refractivity contribution in [2.75, 3.05) is 71.2 Å². The van der Waals surface area contributed by atoms with Crippen LogP contribution in [0.1, 0.15) is 26.2 Å². The molecule has 8 heteroatoms. The zero-order valence-corrected chi connectivity index (χ0v) is 18.9. The van der Waals surface area contributed by atoms with Gasteiger partial charge in [-0.3, -0.25) is 9.89 Å². The van der Waals surface area contributed by atoms with Crippen LogP contribution in [0.3, 0.4) is 0 Å². The van der Waals surface area contributed by atoms with Crippen molar-refractivity contribution in [2.45, 2.75) is 31.7 Å². The van der Waals surface area contributed by atoms with Gasteiger partial charge < -0.3 is 20.1 Å². The van der Waals surface area contributed by atoms with Gasteiger partial charge in [0, 0.05) is 57.7 Å². The van der Waals surface area contributed by atoms with Crippen molar-refractivity contribution >= 4 is 41.7 Å². The number of rotatable bonds is 9. The van der Waals surface area contributed by atoms with E-state index in [-0.39, 0.29) is 29.5 Å². The summed E-state index contributed by atoms with van der Waals surface area (Å²) in [5, 5.41) is 6.99. The molecule has 2 N–H and O–H groups in total. The van der Waals surface area contributed by atoms with E-state index in [0.29, 0.717) is 0 Å². The number of nitrogens with one attached hydrogen (secondary N) is 2. The number of ether oxygens (including phenoxy) is 2. The van der Waals surface area contributed by atoms with Gasteiger partial charge in [-0.05, 0) is 31.9 Å². The van der Waals surface area contributed by atoms with Gasteiger partial charge in [-0.1, -0.05) is 0 Å². The highest BCUT2D eigenvalue weighted by molar-refractivity contribution is 14.0. The molecular weight excluding hydrogens is 451 g/mol. The summed E-state index contributed by atoms with van der Waals surface area (Å²) in [6, 6.07) is 0. The molecule has 2 saturated heterocycles. The summed E-state index contributed by atoms with van der Waals surface area (Å²) in [5.74, 6) is 3.37. The number of morpholine rings is 1. The molecule has 6 nitrogen and oxygen atoms in total. The number of halogens is 1.